The molecule has 0 spiro atoms. The lowest BCUT2D eigenvalue weighted by atomic mass is 10.0. The van der Waals surface area contributed by atoms with Crippen LogP contribution in [-0.2, 0) is 4.74 Å². The van der Waals surface area contributed by atoms with Crippen LogP contribution in [-0.4, -0.2) is 87.9 Å². The molecule has 0 bridgehead atoms. The van der Waals surface area contributed by atoms with Crippen LogP contribution in [0.1, 0.15) is 27.2 Å². The largest absolute Gasteiger partial charge is 0.379 e. The minimum absolute atomic E-state index is 0. The van der Waals surface area contributed by atoms with Crippen LogP contribution < -0.4 is 10.6 Å². The van der Waals surface area contributed by atoms with E-state index in [1.807, 2.05) is 7.05 Å². The van der Waals surface area contributed by atoms with Gasteiger partial charge in [0.25, 0.3) is 0 Å². The van der Waals surface area contributed by atoms with Gasteiger partial charge in [-0.25, -0.2) is 0 Å². The summed E-state index contributed by atoms with van der Waals surface area (Å²) in [7, 11) is 1.86. The summed E-state index contributed by atoms with van der Waals surface area (Å²) in [6, 6.07) is 0.523. The van der Waals surface area contributed by atoms with Crippen molar-refractivity contribution in [2.45, 2.75) is 33.2 Å². The highest BCUT2D eigenvalue weighted by molar-refractivity contribution is 14.0. The molecule has 0 saturated carbocycles. The Morgan fingerprint density at radius 3 is 2.48 bits per heavy atom. The van der Waals surface area contributed by atoms with E-state index in [2.05, 4.69) is 46.2 Å². The summed E-state index contributed by atoms with van der Waals surface area (Å²) in [5.41, 5.74) is 0. The van der Waals surface area contributed by atoms with E-state index in [0.717, 1.165) is 51.3 Å². The lowest BCUT2D eigenvalue weighted by Crippen LogP contribution is -2.52. The Labute approximate surface area is 171 Å². The van der Waals surface area contributed by atoms with Gasteiger partial charge >= 0.3 is 0 Å². The fourth-order valence-electron chi connectivity index (χ4n) is 3.73. The molecule has 2 N–H and O–H groups in total. The van der Waals surface area contributed by atoms with Gasteiger partial charge in [0.05, 0.1) is 13.2 Å². The Morgan fingerprint density at radius 2 is 1.92 bits per heavy atom. The van der Waals surface area contributed by atoms with Crippen LogP contribution in [0.15, 0.2) is 4.99 Å². The van der Waals surface area contributed by atoms with E-state index in [0.29, 0.717) is 12.0 Å². The first-order valence-electron chi connectivity index (χ1n) is 9.62. The van der Waals surface area contributed by atoms with E-state index in [1.54, 1.807) is 0 Å². The van der Waals surface area contributed by atoms with Crippen LogP contribution >= 0.6 is 24.0 Å². The second-order valence-corrected chi connectivity index (χ2v) is 7.34. The third-order valence-corrected chi connectivity index (χ3v) is 5.36. The highest BCUT2D eigenvalue weighted by Gasteiger charge is 2.24. The Morgan fingerprint density at radius 1 is 1.20 bits per heavy atom. The quantitative estimate of drug-likeness (QED) is 0.338. The topological polar surface area (TPSA) is 52.1 Å². The third kappa shape index (κ3) is 7.56. The molecule has 2 aliphatic rings. The first-order chi connectivity index (χ1) is 11.6. The van der Waals surface area contributed by atoms with E-state index in [1.165, 1.54) is 26.1 Å². The lowest BCUT2D eigenvalue weighted by molar-refractivity contribution is 0.00752. The molecule has 0 aromatic rings. The number of rotatable bonds is 7. The second-order valence-electron chi connectivity index (χ2n) is 7.34. The fourth-order valence-corrected chi connectivity index (χ4v) is 3.73. The fraction of sp³-hybridized carbons (Fsp3) is 0.944. The molecule has 0 aromatic carbocycles. The third-order valence-electron chi connectivity index (χ3n) is 5.36. The molecule has 0 radical (unpaired) electrons. The Balaban J connectivity index is 0.00000312. The molecule has 2 fully saturated rings. The maximum absolute atomic E-state index is 5.49. The molecule has 0 aromatic heterocycles. The summed E-state index contributed by atoms with van der Waals surface area (Å²) >= 11 is 0. The molecule has 2 aliphatic heterocycles. The minimum atomic E-state index is 0. The normalized spacial score (nSPS) is 24.2. The minimum Gasteiger partial charge on any atom is -0.379 e. The molecule has 25 heavy (non-hydrogen) atoms. The predicted molar refractivity (Wildman–Crippen MR) is 116 cm³/mol. The number of guanidine groups is 1. The van der Waals surface area contributed by atoms with Gasteiger partial charge in [0.15, 0.2) is 5.96 Å². The second kappa shape index (κ2) is 12.3. The summed E-state index contributed by atoms with van der Waals surface area (Å²) in [4.78, 5) is 9.47. The highest BCUT2D eigenvalue weighted by atomic mass is 127. The van der Waals surface area contributed by atoms with Crippen LogP contribution in [0.2, 0.25) is 0 Å². The molecule has 2 unspecified atom stereocenters. The zero-order valence-corrected chi connectivity index (χ0v) is 18.8. The number of ether oxygens (including phenoxy) is 1. The summed E-state index contributed by atoms with van der Waals surface area (Å²) in [5.74, 6) is 2.29. The standard InChI is InChI=1S/C18H37N5O.HI/c1-5-22-7-6-16(14-22)12-20-18(19-4)21-13-17(15(2)3)23-8-10-24-11-9-23;/h15-17H,5-14H2,1-4H3,(H2,19,20,21);1H. The molecule has 2 saturated heterocycles. The van der Waals surface area contributed by atoms with Gasteiger partial charge in [-0.2, -0.15) is 0 Å². The van der Waals surface area contributed by atoms with Gasteiger partial charge in [-0.15, -0.1) is 24.0 Å². The lowest BCUT2D eigenvalue weighted by Gasteiger charge is -2.37. The summed E-state index contributed by atoms with van der Waals surface area (Å²) < 4.78 is 5.49. The molecule has 2 heterocycles. The molecular formula is C18H38IN5O. The number of nitrogens with one attached hydrogen (secondary N) is 2. The van der Waals surface area contributed by atoms with Crippen molar-refractivity contribution in [2.75, 3.05) is 66.1 Å². The van der Waals surface area contributed by atoms with Gasteiger partial charge < -0.3 is 20.3 Å². The smallest absolute Gasteiger partial charge is 0.191 e. The van der Waals surface area contributed by atoms with Crippen LogP contribution in [0.4, 0.5) is 0 Å². The molecular weight excluding hydrogens is 429 g/mol. The maximum atomic E-state index is 5.49. The molecule has 0 amide bonds. The molecule has 2 rings (SSSR count). The summed E-state index contributed by atoms with van der Waals surface area (Å²) in [5, 5.41) is 7.06. The molecule has 2 atom stereocenters. The van der Waals surface area contributed by atoms with Gasteiger partial charge in [-0.05, 0) is 31.3 Å². The zero-order chi connectivity index (χ0) is 17.4. The monoisotopic (exact) mass is 467 g/mol. The van der Waals surface area contributed by atoms with Crippen molar-refractivity contribution in [3.63, 3.8) is 0 Å². The molecule has 0 aliphatic carbocycles. The maximum Gasteiger partial charge on any atom is 0.191 e. The highest BCUT2D eigenvalue weighted by Crippen LogP contribution is 2.14. The summed E-state index contributed by atoms with van der Waals surface area (Å²) in [6.45, 7) is 16.2. The number of morpholine rings is 1. The molecule has 6 nitrogen and oxygen atoms in total. The first-order valence-corrected chi connectivity index (χ1v) is 9.62. The van der Waals surface area contributed by atoms with E-state index in [4.69, 9.17) is 4.74 Å². The van der Waals surface area contributed by atoms with E-state index >= 15 is 0 Å². The number of hydrogen-bond donors (Lipinski definition) is 2. The van der Waals surface area contributed by atoms with Crippen LogP contribution in [0, 0.1) is 11.8 Å². The number of likely N-dealkylation sites (tertiary alicyclic amines) is 1. The number of nitrogens with zero attached hydrogens (tertiary/aromatic N) is 3. The number of halogens is 1. The van der Waals surface area contributed by atoms with Crippen molar-refractivity contribution in [3.8, 4) is 0 Å². The molecule has 148 valence electrons. The Bertz CT molecular complexity index is 388. The van der Waals surface area contributed by atoms with Gasteiger partial charge in [-0.3, -0.25) is 9.89 Å². The van der Waals surface area contributed by atoms with Crippen LogP contribution in [0.5, 0.6) is 0 Å². The van der Waals surface area contributed by atoms with E-state index in [-0.39, 0.29) is 24.0 Å². The average Bonchev–Trinajstić information content (AvgIpc) is 3.06. The predicted octanol–water partition coefficient (Wildman–Crippen LogP) is 1.47. The van der Waals surface area contributed by atoms with Crippen LogP contribution in [0.25, 0.3) is 0 Å². The van der Waals surface area contributed by atoms with Crippen molar-refractivity contribution in [1.29, 1.82) is 0 Å². The number of aliphatic imine (C=N–C) groups is 1. The van der Waals surface area contributed by atoms with Gasteiger partial charge in [0.2, 0.25) is 0 Å². The Hall–Kier alpha value is -0.120. The van der Waals surface area contributed by atoms with E-state index < -0.39 is 0 Å². The van der Waals surface area contributed by atoms with Gasteiger partial charge in [0, 0.05) is 45.8 Å². The first kappa shape index (κ1) is 22.9. The van der Waals surface area contributed by atoms with Crippen molar-refractivity contribution >= 4 is 29.9 Å². The summed E-state index contributed by atoms with van der Waals surface area (Å²) in [6.07, 6.45) is 1.29. The van der Waals surface area contributed by atoms with Crippen molar-refractivity contribution in [3.05, 3.63) is 0 Å². The molecule has 7 heteroatoms. The Kier molecular flexibility index (Phi) is 11.3. The number of hydrogen-bond acceptors (Lipinski definition) is 4. The van der Waals surface area contributed by atoms with Gasteiger partial charge in [0.1, 0.15) is 0 Å². The van der Waals surface area contributed by atoms with E-state index in [9.17, 15) is 0 Å². The average molecular weight is 467 g/mol. The van der Waals surface area contributed by atoms with Crippen molar-refractivity contribution < 1.29 is 4.74 Å². The van der Waals surface area contributed by atoms with Crippen LogP contribution in [0.3, 0.4) is 0 Å². The van der Waals surface area contributed by atoms with Gasteiger partial charge in [-0.1, -0.05) is 20.8 Å². The SMILES string of the molecule is CCN1CCC(CNC(=NC)NCC(C(C)C)N2CCOCC2)C1.I. The van der Waals surface area contributed by atoms with Crippen molar-refractivity contribution in [2.24, 2.45) is 16.8 Å². The van der Waals surface area contributed by atoms with Crippen molar-refractivity contribution in [1.82, 2.24) is 20.4 Å². The zero-order valence-electron chi connectivity index (χ0n) is 16.5.